The maximum Gasteiger partial charge on any atom is 0.166 e. The molecule has 0 radical (unpaired) electrons. The summed E-state index contributed by atoms with van der Waals surface area (Å²) in [6, 6.07) is 1.27. The highest BCUT2D eigenvalue weighted by Crippen LogP contribution is 2.30. The van der Waals surface area contributed by atoms with Crippen LogP contribution in [-0.2, 0) is 0 Å². The Kier molecular flexibility index (Phi) is 4.03. The van der Waals surface area contributed by atoms with E-state index >= 15 is 0 Å². The zero-order valence-electron chi connectivity index (χ0n) is 11.1. The molecule has 1 N–H and O–H groups in total. The van der Waals surface area contributed by atoms with Gasteiger partial charge in [0.1, 0.15) is 0 Å². The molecule has 0 amide bonds. The van der Waals surface area contributed by atoms with Gasteiger partial charge in [0.25, 0.3) is 0 Å². The molecule has 0 atom stereocenters. The summed E-state index contributed by atoms with van der Waals surface area (Å²) >= 11 is 5.66. The number of anilines is 1. The van der Waals surface area contributed by atoms with E-state index in [1.54, 1.807) is 0 Å². The zero-order chi connectivity index (χ0) is 13.3. The second kappa shape index (κ2) is 4.81. The van der Waals surface area contributed by atoms with E-state index in [1.165, 1.54) is 12.3 Å². The van der Waals surface area contributed by atoms with Gasteiger partial charge in [-0.2, -0.15) is 0 Å². The van der Waals surface area contributed by atoms with Crippen molar-refractivity contribution >= 4 is 17.4 Å². The third-order valence-electron chi connectivity index (χ3n) is 2.24. The molecule has 0 spiro atoms. The molecule has 0 aliphatic carbocycles. The second-order valence-electron chi connectivity index (χ2n) is 6.23. The van der Waals surface area contributed by atoms with Crippen LogP contribution in [0.1, 0.15) is 41.0 Å². The van der Waals surface area contributed by atoms with Crippen LogP contribution in [0.25, 0.3) is 0 Å². The maximum absolute atomic E-state index is 13.6. The summed E-state index contributed by atoms with van der Waals surface area (Å²) in [4.78, 5) is 3.97. The average Bonchev–Trinajstić information content (AvgIpc) is 2.05. The van der Waals surface area contributed by atoms with Crippen molar-refractivity contribution in [2.24, 2.45) is 5.41 Å². The standard InChI is InChI=1S/C13H20ClFN2/c1-12(2,3)8-13(4,5)17-11-10(15)6-9(14)7-16-11/h6-7H,8H2,1-5H3,(H,16,17). The molecule has 17 heavy (non-hydrogen) atoms. The van der Waals surface area contributed by atoms with Crippen molar-refractivity contribution in [3.05, 3.63) is 23.1 Å². The fourth-order valence-corrected chi connectivity index (χ4v) is 2.34. The summed E-state index contributed by atoms with van der Waals surface area (Å²) in [5.41, 5.74) is -0.0562. The SMILES string of the molecule is CC(C)(C)CC(C)(C)Nc1ncc(Cl)cc1F. The second-order valence-corrected chi connectivity index (χ2v) is 6.67. The van der Waals surface area contributed by atoms with Crippen molar-refractivity contribution in [3.8, 4) is 0 Å². The monoisotopic (exact) mass is 258 g/mol. The van der Waals surface area contributed by atoms with E-state index in [0.717, 1.165) is 6.42 Å². The number of hydrogen-bond acceptors (Lipinski definition) is 2. The van der Waals surface area contributed by atoms with E-state index < -0.39 is 5.82 Å². The summed E-state index contributed by atoms with van der Waals surface area (Å²) in [5, 5.41) is 3.43. The summed E-state index contributed by atoms with van der Waals surface area (Å²) in [6.07, 6.45) is 2.35. The molecule has 1 aromatic heterocycles. The Bertz CT molecular complexity index is 397. The number of nitrogens with one attached hydrogen (secondary N) is 1. The van der Waals surface area contributed by atoms with Gasteiger partial charge in [-0.1, -0.05) is 32.4 Å². The van der Waals surface area contributed by atoms with Gasteiger partial charge in [-0.05, 0) is 31.7 Å². The minimum atomic E-state index is -0.417. The van der Waals surface area contributed by atoms with Gasteiger partial charge in [-0.3, -0.25) is 0 Å². The average molecular weight is 259 g/mol. The lowest BCUT2D eigenvalue weighted by atomic mass is 9.82. The molecule has 2 nitrogen and oxygen atoms in total. The van der Waals surface area contributed by atoms with E-state index in [4.69, 9.17) is 11.6 Å². The summed E-state index contributed by atoms with van der Waals surface area (Å²) in [7, 11) is 0. The number of rotatable bonds is 3. The molecular weight excluding hydrogens is 239 g/mol. The first-order chi connectivity index (χ1) is 7.59. The largest absolute Gasteiger partial charge is 0.363 e. The minimum Gasteiger partial charge on any atom is -0.363 e. The Balaban J connectivity index is 2.83. The van der Waals surface area contributed by atoms with Crippen molar-refractivity contribution in [1.29, 1.82) is 0 Å². The van der Waals surface area contributed by atoms with Crippen LogP contribution in [0.15, 0.2) is 12.3 Å². The third kappa shape index (κ3) is 4.90. The molecule has 1 heterocycles. The molecule has 96 valence electrons. The summed E-state index contributed by atoms with van der Waals surface area (Å²) in [6.45, 7) is 10.5. The molecule has 4 heteroatoms. The molecule has 0 fully saturated rings. The Morgan fingerprint density at radius 1 is 1.29 bits per heavy atom. The van der Waals surface area contributed by atoms with Crippen molar-refractivity contribution in [2.75, 3.05) is 5.32 Å². The zero-order valence-corrected chi connectivity index (χ0v) is 11.8. The van der Waals surface area contributed by atoms with Crippen LogP contribution in [0.4, 0.5) is 10.2 Å². The molecule has 0 bridgehead atoms. The lowest BCUT2D eigenvalue weighted by molar-refractivity contribution is 0.301. The minimum absolute atomic E-state index is 0.166. The highest BCUT2D eigenvalue weighted by molar-refractivity contribution is 6.30. The van der Waals surface area contributed by atoms with E-state index in [1.807, 2.05) is 13.8 Å². The van der Waals surface area contributed by atoms with Gasteiger partial charge in [0.2, 0.25) is 0 Å². The van der Waals surface area contributed by atoms with Gasteiger partial charge in [0.05, 0.1) is 5.02 Å². The van der Waals surface area contributed by atoms with E-state index in [0.29, 0.717) is 5.02 Å². The lowest BCUT2D eigenvalue weighted by Gasteiger charge is -2.33. The number of aromatic nitrogens is 1. The van der Waals surface area contributed by atoms with Gasteiger partial charge in [-0.25, -0.2) is 9.37 Å². The number of hydrogen-bond donors (Lipinski definition) is 1. The van der Waals surface area contributed by atoms with Gasteiger partial charge < -0.3 is 5.32 Å². The first-order valence-corrected chi connectivity index (χ1v) is 6.06. The van der Waals surface area contributed by atoms with E-state index in [2.05, 4.69) is 31.1 Å². The first kappa shape index (κ1) is 14.2. The van der Waals surface area contributed by atoms with Crippen LogP contribution >= 0.6 is 11.6 Å². The van der Waals surface area contributed by atoms with Crippen LogP contribution < -0.4 is 5.32 Å². The number of pyridine rings is 1. The Morgan fingerprint density at radius 2 is 1.88 bits per heavy atom. The fourth-order valence-electron chi connectivity index (χ4n) is 2.20. The molecule has 1 rings (SSSR count). The lowest BCUT2D eigenvalue weighted by Crippen LogP contribution is -2.36. The molecule has 0 unspecified atom stereocenters. The highest BCUT2D eigenvalue weighted by atomic mass is 35.5. The van der Waals surface area contributed by atoms with Crippen molar-refractivity contribution in [1.82, 2.24) is 4.98 Å². The Morgan fingerprint density at radius 3 is 2.35 bits per heavy atom. The molecule has 0 aliphatic heterocycles. The molecule has 0 saturated carbocycles. The Labute approximate surface area is 108 Å². The van der Waals surface area contributed by atoms with Gasteiger partial charge in [0.15, 0.2) is 11.6 Å². The quantitative estimate of drug-likeness (QED) is 0.863. The number of halogens is 2. The predicted octanol–water partition coefficient (Wildman–Crippen LogP) is 4.50. The van der Waals surface area contributed by atoms with Gasteiger partial charge in [0, 0.05) is 11.7 Å². The van der Waals surface area contributed by atoms with E-state index in [9.17, 15) is 4.39 Å². The molecule has 0 aliphatic rings. The van der Waals surface area contributed by atoms with Gasteiger partial charge in [-0.15, -0.1) is 0 Å². The van der Waals surface area contributed by atoms with Crippen LogP contribution in [0.5, 0.6) is 0 Å². The summed E-state index contributed by atoms with van der Waals surface area (Å²) < 4.78 is 13.6. The molecule has 0 aromatic carbocycles. The van der Waals surface area contributed by atoms with Crippen molar-refractivity contribution < 1.29 is 4.39 Å². The molecule has 0 saturated heterocycles. The van der Waals surface area contributed by atoms with Crippen molar-refractivity contribution in [2.45, 2.75) is 46.6 Å². The summed E-state index contributed by atoms with van der Waals surface area (Å²) in [5.74, 6) is -0.164. The maximum atomic E-state index is 13.6. The fraction of sp³-hybridized carbons (Fsp3) is 0.615. The normalized spacial score (nSPS) is 12.6. The topological polar surface area (TPSA) is 24.9 Å². The van der Waals surface area contributed by atoms with Crippen LogP contribution in [-0.4, -0.2) is 10.5 Å². The molecule has 1 aromatic rings. The van der Waals surface area contributed by atoms with Crippen LogP contribution in [0, 0.1) is 11.2 Å². The molecular formula is C13H20ClFN2. The van der Waals surface area contributed by atoms with Crippen LogP contribution in [0.3, 0.4) is 0 Å². The van der Waals surface area contributed by atoms with Gasteiger partial charge >= 0.3 is 0 Å². The van der Waals surface area contributed by atoms with E-state index in [-0.39, 0.29) is 16.8 Å². The smallest absolute Gasteiger partial charge is 0.166 e. The van der Waals surface area contributed by atoms with Crippen molar-refractivity contribution in [3.63, 3.8) is 0 Å². The highest BCUT2D eigenvalue weighted by Gasteiger charge is 2.26. The Hall–Kier alpha value is -0.830. The van der Waals surface area contributed by atoms with Crippen LogP contribution in [0.2, 0.25) is 5.02 Å². The predicted molar refractivity (Wildman–Crippen MR) is 71.0 cm³/mol. The third-order valence-corrected chi connectivity index (χ3v) is 2.44. The number of nitrogens with zero attached hydrogens (tertiary/aromatic N) is 1. The first-order valence-electron chi connectivity index (χ1n) is 5.68.